The predicted octanol–water partition coefficient (Wildman–Crippen LogP) is 7.11. The lowest BCUT2D eigenvalue weighted by molar-refractivity contribution is 0.717. The number of hydrogen-bond acceptors (Lipinski definition) is 1. The lowest BCUT2D eigenvalue weighted by atomic mass is 9.91. The molecule has 0 fully saturated rings. The van der Waals surface area contributed by atoms with Gasteiger partial charge in [0.1, 0.15) is 0 Å². The van der Waals surface area contributed by atoms with Gasteiger partial charge in [-0.1, -0.05) is 87.4 Å². The molecule has 0 saturated carbocycles. The number of rotatable bonds is 7. The van der Waals surface area contributed by atoms with E-state index in [4.69, 9.17) is 5.26 Å². The second-order valence-electron chi connectivity index (χ2n) is 7.23. The number of hydrogen-bond donors (Lipinski definition) is 0. The molecule has 27 heavy (non-hydrogen) atoms. The van der Waals surface area contributed by atoms with Crippen molar-refractivity contribution in [3.8, 4) is 17.2 Å². The molecule has 3 rings (SSSR count). The van der Waals surface area contributed by atoms with Gasteiger partial charge in [-0.3, -0.25) is 0 Å². The minimum absolute atomic E-state index is 0.313. The van der Waals surface area contributed by atoms with Gasteiger partial charge in [-0.15, -0.1) is 0 Å². The van der Waals surface area contributed by atoms with E-state index in [1.54, 1.807) is 0 Å². The summed E-state index contributed by atoms with van der Waals surface area (Å²) in [6.07, 6.45) is 5.03. The molecule has 0 aromatic heterocycles. The highest BCUT2D eigenvalue weighted by atomic mass is 14.2. The molecule has 0 saturated heterocycles. The van der Waals surface area contributed by atoms with E-state index in [1.165, 1.54) is 53.5 Å². The third-order valence-corrected chi connectivity index (χ3v) is 5.31. The second kappa shape index (κ2) is 9.19. The Balaban J connectivity index is 1.70. The van der Waals surface area contributed by atoms with Crippen molar-refractivity contribution in [3.05, 3.63) is 95.1 Å². The van der Waals surface area contributed by atoms with E-state index < -0.39 is 0 Å². The first-order chi connectivity index (χ1) is 13.2. The molecule has 0 bridgehead atoms. The molecule has 1 atom stereocenters. The van der Waals surface area contributed by atoms with Crippen LogP contribution in [0.15, 0.2) is 72.8 Å². The number of unbranched alkanes of at least 4 members (excludes halogenated alkanes) is 2. The summed E-state index contributed by atoms with van der Waals surface area (Å²) >= 11 is 0. The molecule has 0 amide bonds. The quantitative estimate of drug-likeness (QED) is 0.415. The summed E-state index contributed by atoms with van der Waals surface area (Å²) in [5.41, 5.74) is 7.19. The Bertz CT molecular complexity index is 881. The van der Waals surface area contributed by atoms with Gasteiger partial charge in [-0.25, -0.2) is 0 Å². The van der Waals surface area contributed by atoms with E-state index in [-0.39, 0.29) is 0 Å². The highest BCUT2D eigenvalue weighted by molar-refractivity contribution is 5.64. The summed E-state index contributed by atoms with van der Waals surface area (Å²) < 4.78 is 0. The Kier molecular flexibility index (Phi) is 6.44. The fourth-order valence-corrected chi connectivity index (χ4v) is 3.45. The summed E-state index contributed by atoms with van der Waals surface area (Å²) in [5, 5.41) is 8.94. The standard InChI is InChI=1S/C26H27N/c1-3-4-5-6-21-7-13-25(14-8-21)26-17-15-24(16-18-26)20(2)23-11-9-22(19-27)10-12-23/h7-18,20H,3-6H2,1-2H3. The van der Waals surface area contributed by atoms with Gasteiger partial charge in [0.25, 0.3) is 0 Å². The third-order valence-electron chi connectivity index (χ3n) is 5.31. The van der Waals surface area contributed by atoms with Crippen LogP contribution >= 0.6 is 0 Å². The highest BCUT2D eigenvalue weighted by Crippen LogP contribution is 2.27. The SMILES string of the molecule is CCCCCc1ccc(-c2ccc(C(C)c3ccc(C#N)cc3)cc2)cc1. The lowest BCUT2D eigenvalue weighted by Gasteiger charge is -2.13. The molecule has 3 aromatic rings. The minimum Gasteiger partial charge on any atom is -0.192 e. The lowest BCUT2D eigenvalue weighted by Crippen LogP contribution is -1.96. The molecule has 0 aliphatic heterocycles. The normalized spacial score (nSPS) is 11.7. The molecule has 0 aliphatic rings. The van der Waals surface area contributed by atoms with Gasteiger partial charge in [0, 0.05) is 5.92 Å². The first kappa shape index (κ1) is 18.9. The van der Waals surface area contributed by atoms with Crippen LogP contribution in [0, 0.1) is 11.3 Å². The van der Waals surface area contributed by atoms with Crippen LogP contribution in [0.4, 0.5) is 0 Å². The molecule has 0 spiro atoms. The Labute approximate surface area is 163 Å². The zero-order chi connectivity index (χ0) is 19.1. The first-order valence-corrected chi connectivity index (χ1v) is 9.90. The zero-order valence-corrected chi connectivity index (χ0v) is 16.3. The average molecular weight is 354 g/mol. The summed E-state index contributed by atoms with van der Waals surface area (Å²) in [4.78, 5) is 0. The molecule has 3 aromatic carbocycles. The molecular formula is C26H27N. The van der Waals surface area contributed by atoms with Crippen molar-refractivity contribution >= 4 is 0 Å². The van der Waals surface area contributed by atoms with Crippen molar-refractivity contribution in [2.24, 2.45) is 0 Å². The highest BCUT2D eigenvalue weighted by Gasteiger charge is 2.09. The molecule has 0 aliphatic carbocycles. The first-order valence-electron chi connectivity index (χ1n) is 9.90. The van der Waals surface area contributed by atoms with Crippen LogP contribution in [0.5, 0.6) is 0 Å². The zero-order valence-electron chi connectivity index (χ0n) is 16.3. The van der Waals surface area contributed by atoms with Crippen LogP contribution in [0.3, 0.4) is 0 Å². The minimum atomic E-state index is 0.313. The number of aryl methyl sites for hydroxylation is 1. The maximum Gasteiger partial charge on any atom is 0.0991 e. The van der Waals surface area contributed by atoms with E-state index in [1.807, 2.05) is 24.3 Å². The molecular weight excluding hydrogens is 326 g/mol. The molecule has 0 heterocycles. The number of benzene rings is 3. The molecule has 0 N–H and O–H groups in total. The van der Waals surface area contributed by atoms with Crippen molar-refractivity contribution in [2.75, 3.05) is 0 Å². The summed E-state index contributed by atoms with van der Waals surface area (Å²) in [6, 6.07) is 27.9. The summed E-state index contributed by atoms with van der Waals surface area (Å²) in [5.74, 6) is 0.313. The van der Waals surface area contributed by atoms with E-state index in [9.17, 15) is 0 Å². The molecule has 136 valence electrons. The Morgan fingerprint density at radius 2 is 1.26 bits per heavy atom. The largest absolute Gasteiger partial charge is 0.192 e. The van der Waals surface area contributed by atoms with Crippen molar-refractivity contribution in [1.29, 1.82) is 5.26 Å². The van der Waals surface area contributed by atoms with Crippen molar-refractivity contribution in [1.82, 2.24) is 0 Å². The second-order valence-corrected chi connectivity index (χ2v) is 7.23. The van der Waals surface area contributed by atoms with E-state index in [2.05, 4.69) is 68.4 Å². The Morgan fingerprint density at radius 3 is 1.78 bits per heavy atom. The Morgan fingerprint density at radius 1 is 0.741 bits per heavy atom. The van der Waals surface area contributed by atoms with Crippen LogP contribution in [0.2, 0.25) is 0 Å². The van der Waals surface area contributed by atoms with Gasteiger partial charge in [-0.05, 0) is 52.8 Å². The van der Waals surface area contributed by atoms with Crippen LogP contribution in [-0.4, -0.2) is 0 Å². The van der Waals surface area contributed by atoms with Gasteiger partial charge < -0.3 is 0 Å². The van der Waals surface area contributed by atoms with Gasteiger partial charge in [0.05, 0.1) is 11.6 Å². The van der Waals surface area contributed by atoms with E-state index in [0.29, 0.717) is 11.5 Å². The maximum atomic E-state index is 8.94. The van der Waals surface area contributed by atoms with Crippen LogP contribution in [-0.2, 0) is 6.42 Å². The van der Waals surface area contributed by atoms with Crippen molar-refractivity contribution < 1.29 is 0 Å². The fraction of sp³-hybridized carbons (Fsp3) is 0.269. The van der Waals surface area contributed by atoms with E-state index in [0.717, 1.165) is 0 Å². The van der Waals surface area contributed by atoms with E-state index >= 15 is 0 Å². The molecule has 0 radical (unpaired) electrons. The van der Waals surface area contributed by atoms with Gasteiger partial charge in [0.2, 0.25) is 0 Å². The number of nitriles is 1. The maximum absolute atomic E-state index is 8.94. The molecule has 1 nitrogen and oxygen atoms in total. The average Bonchev–Trinajstić information content (AvgIpc) is 2.74. The fourth-order valence-electron chi connectivity index (χ4n) is 3.45. The predicted molar refractivity (Wildman–Crippen MR) is 114 cm³/mol. The van der Waals surface area contributed by atoms with Crippen LogP contribution in [0.25, 0.3) is 11.1 Å². The van der Waals surface area contributed by atoms with Crippen LogP contribution < -0.4 is 0 Å². The monoisotopic (exact) mass is 353 g/mol. The molecule has 1 unspecified atom stereocenters. The van der Waals surface area contributed by atoms with Crippen molar-refractivity contribution in [2.45, 2.75) is 45.4 Å². The van der Waals surface area contributed by atoms with Crippen molar-refractivity contribution in [3.63, 3.8) is 0 Å². The van der Waals surface area contributed by atoms with Gasteiger partial charge >= 0.3 is 0 Å². The van der Waals surface area contributed by atoms with Crippen LogP contribution in [0.1, 0.15) is 61.3 Å². The Hall–Kier alpha value is -2.85. The van der Waals surface area contributed by atoms with Gasteiger partial charge in [-0.2, -0.15) is 5.26 Å². The topological polar surface area (TPSA) is 23.8 Å². The smallest absolute Gasteiger partial charge is 0.0991 e. The summed E-state index contributed by atoms with van der Waals surface area (Å²) in [6.45, 7) is 4.45. The number of nitrogens with zero attached hydrogens (tertiary/aromatic N) is 1. The van der Waals surface area contributed by atoms with Gasteiger partial charge in [0.15, 0.2) is 0 Å². The third kappa shape index (κ3) is 4.86. The summed E-state index contributed by atoms with van der Waals surface area (Å²) in [7, 11) is 0. The molecule has 1 heteroatoms.